The number of hydrogen-bond donors (Lipinski definition) is 2. The number of para-hydroxylation sites is 1. The lowest BCUT2D eigenvalue weighted by Crippen LogP contribution is -2.13. The van der Waals surface area contributed by atoms with Crippen LogP contribution in [0.4, 0.5) is 5.69 Å². The smallest absolute Gasteiger partial charge is 0.311 e. The first-order valence-electron chi connectivity index (χ1n) is 6.14. The van der Waals surface area contributed by atoms with Gasteiger partial charge in [0.05, 0.1) is 10.5 Å². The number of nitro benzene ring substituents is 1. The lowest BCUT2D eigenvalue weighted by Gasteiger charge is -2.11. The Morgan fingerprint density at radius 2 is 2.05 bits per heavy atom. The molecule has 21 heavy (non-hydrogen) atoms. The number of pyridine rings is 1. The molecule has 0 spiro atoms. The van der Waals surface area contributed by atoms with Crippen molar-refractivity contribution in [3.63, 3.8) is 0 Å². The number of nitrogens with zero attached hydrogens (tertiary/aromatic N) is 2. The molecule has 7 nitrogen and oxygen atoms in total. The van der Waals surface area contributed by atoms with Crippen LogP contribution >= 0.6 is 0 Å². The predicted molar refractivity (Wildman–Crippen MR) is 77.9 cm³/mol. The Labute approximate surface area is 121 Å². The summed E-state index contributed by atoms with van der Waals surface area (Å²) in [5.74, 6) is -0.0308. The van der Waals surface area contributed by atoms with E-state index in [1.165, 1.54) is 6.07 Å². The molecular formula is C14H14N4O3. The van der Waals surface area contributed by atoms with Gasteiger partial charge in [0, 0.05) is 11.8 Å². The fraction of sp³-hybridized carbons (Fsp3) is 0.143. The first-order valence-corrected chi connectivity index (χ1v) is 6.14. The van der Waals surface area contributed by atoms with Crippen molar-refractivity contribution >= 4 is 11.5 Å². The molecule has 0 aliphatic heterocycles. The van der Waals surface area contributed by atoms with Gasteiger partial charge in [0.1, 0.15) is 5.84 Å². The Bertz CT molecular complexity index is 728. The highest BCUT2D eigenvalue weighted by Gasteiger charge is 2.20. The minimum absolute atomic E-state index is 0.0832. The molecule has 1 aromatic heterocycles. The molecule has 108 valence electrons. The molecule has 1 aromatic carbocycles. The van der Waals surface area contributed by atoms with E-state index in [4.69, 9.17) is 15.9 Å². The van der Waals surface area contributed by atoms with E-state index in [0.717, 1.165) is 0 Å². The third-order valence-electron chi connectivity index (χ3n) is 2.88. The zero-order valence-corrected chi connectivity index (χ0v) is 11.6. The lowest BCUT2D eigenvalue weighted by atomic mass is 10.2. The van der Waals surface area contributed by atoms with E-state index >= 15 is 0 Å². The molecule has 0 aliphatic rings. The molecule has 0 radical (unpaired) electrons. The minimum Gasteiger partial charge on any atom is -0.431 e. The highest BCUT2D eigenvalue weighted by molar-refractivity contribution is 5.97. The first-order chi connectivity index (χ1) is 9.90. The van der Waals surface area contributed by atoms with Crippen molar-refractivity contribution in [3.8, 4) is 11.6 Å². The molecule has 0 unspecified atom stereocenters. The monoisotopic (exact) mass is 286 g/mol. The molecule has 0 bridgehead atoms. The van der Waals surface area contributed by atoms with Crippen molar-refractivity contribution < 1.29 is 9.66 Å². The number of benzene rings is 1. The van der Waals surface area contributed by atoms with Gasteiger partial charge in [-0.1, -0.05) is 12.1 Å². The zero-order chi connectivity index (χ0) is 15.6. The van der Waals surface area contributed by atoms with Gasteiger partial charge < -0.3 is 10.5 Å². The van der Waals surface area contributed by atoms with Crippen LogP contribution < -0.4 is 10.5 Å². The van der Waals surface area contributed by atoms with Gasteiger partial charge in [0.15, 0.2) is 0 Å². The molecule has 0 fully saturated rings. The van der Waals surface area contributed by atoms with E-state index in [-0.39, 0.29) is 28.7 Å². The Morgan fingerprint density at radius 3 is 2.67 bits per heavy atom. The maximum absolute atomic E-state index is 11.1. The van der Waals surface area contributed by atoms with Gasteiger partial charge in [-0.15, -0.1) is 0 Å². The summed E-state index contributed by atoms with van der Waals surface area (Å²) < 4.78 is 5.60. The molecule has 2 rings (SSSR count). The number of amidine groups is 1. The Hall–Kier alpha value is -2.96. The third kappa shape index (κ3) is 2.97. The quantitative estimate of drug-likeness (QED) is 0.388. The van der Waals surface area contributed by atoms with E-state index in [0.29, 0.717) is 11.3 Å². The van der Waals surface area contributed by atoms with Crippen molar-refractivity contribution in [1.29, 1.82) is 5.41 Å². The molecule has 7 heteroatoms. The largest absolute Gasteiger partial charge is 0.431 e. The van der Waals surface area contributed by atoms with Crippen LogP contribution in [0.25, 0.3) is 0 Å². The fourth-order valence-electron chi connectivity index (χ4n) is 1.83. The average Bonchev–Trinajstić information content (AvgIpc) is 2.40. The summed E-state index contributed by atoms with van der Waals surface area (Å²) in [4.78, 5) is 14.7. The number of aromatic nitrogens is 1. The summed E-state index contributed by atoms with van der Waals surface area (Å²) in [5.41, 5.74) is 6.87. The highest BCUT2D eigenvalue weighted by atomic mass is 16.6. The summed E-state index contributed by atoms with van der Waals surface area (Å²) >= 11 is 0. The fourth-order valence-corrected chi connectivity index (χ4v) is 1.83. The van der Waals surface area contributed by atoms with Crippen LogP contribution in [0.1, 0.15) is 16.8 Å². The standard InChI is InChI=1S/C14H14N4O3/c1-8-4-3-5-11(18(19)20)12(8)21-14-10(13(15)16)7-6-9(2)17-14/h3-7H,1-2H3,(H3,15,16). The van der Waals surface area contributed by atoms with Gasteiger partial charge in [-0.05, 0) is 31.5 Å². The topological polar surface area (TPSA) is 115 Å². The second kappa shape index (κ2) is 5.58. The molecular weight excluding hydrogens is 272 g/mol. The van der Waals surface area contributed by atoms with Crippen LogP contribution in [0.3, 0.4) is 0 Å². The number of nitrogens with two attached hydrogens (primary N) is 1. The van der Waals surface area contributed by atoms with Crippen LogP contribution in [0.5, 0.6) is 11.6 Å². The minimum atomic E-state index is -0.522. The van der Waals surface area contributed by atoms with Crippen molar-refractivity contribution in [2.45, 2.75) is 13.8 Å². The van der Waals surface area contributed by atoms with Crippen LogP contribution in [0.2, 0.25) is 0 Å². The highest BCUT2D eigenvalue weighted by Crippen LogP contribution is 2.34. The molecule has 1 heterocycles. The molecule has 0 atom stereocenters. The van der Waals surface area contributed by atoms with Crippen LogP contribution in [-0.2, 0) is 0 Å². The van der Waals surface area contributed by atoms with E-state index in [9.17, 15) is 10.1 Å². The Morgan fingerprint density at radius 1 is 1.33 bits per heavy atom. The Kier molecular flexibility index (Phi) is 3.84. The van der Waals surface area contributed by atoms with E-state index < -0.39 is 4.92 Å². The van der Waals surface area contributed by atoms with Gasteiger partial charge in [0.25, 0.3) is 0 Å². The molecule has 0 saturated carbocycles. The summed E-state index contributed by atoms with van der Waals surface area (Å²) in [7, 11) is 0. The summed E-state index contributed by atoms with van der Waals surface area (Å²) in [6.45, 7) is 3.45. The normalized spacial score (nSPS) is 10.2. The van der Waals surface area contributed by atoms with Crippen molar-refractivity contribution in [3.05, 3.63) is 57.3 Å². The van der Waals surface area contributed by atoms with Crippen LogP contribution in [0, 0.1) is 29.4 Å². The second-order valence-corrected chi connectivity index (χ2v) is 4.50. The maximum atomic E-state index is 11.1. The molecule has 0 saturated heterocycles. The maximum Gasteiger partial charge on any atom is 0.311 e. The first kappa shape index (κ1) is 14.4. The SMILES string of the molecule is Cc1ccc(C(=N)N)c(Oc2c(C)cccc2[N+](=O)[O-])n1. The van der Waals surface area contributed by atoms with Gasteiger partial charge in [0.2, 0.25) is 11.6 Å². The number of aryl methyl sites for hydroxylation is 2. The van der Waals surface area contributed by atoms with Crippen LogP contribution in [0.15, 0.2) is 30.3 Å². The average molecular weight is 286 g/mol. The molecule has 0 amide bonds. The van der Waals surface area contributed by atoms with Crippen molar-refractivity contribution in [2.24, 2.45) is 5.73 Å². The van der Waals surface area contributed by atoms with Crippen LogP contribution in [-0.4, -0.2) is 15.7 Å². The van der Waals surface area contributed by atoms with Gasteiger partial charge in [-0.25, -0.2) is 4.98 Å². The number of hydrogen-bond acceptors (Lipinski definition) is 5. The number of rotatable bonds is 4. The van der Waals surface area contributed by atoms with Gasteiger partial charge in [-0.3, -0.25) is 15.5 Å². The van der Waals surface area contributed by atoms with E-state index in [1.54, 1.807) is 38.1 Å². The molecule has 3 N–H and O–H groups in total. The van der Waals surface area contributed by atoms with Gasteiger partial charge in [-0.2, -0.15) is 0 Å². The van der Waals surface area contributed by atoms with Crippen molar-refractivity contribution in [2.75, 3.05) is 0 Å². The lowest BCUT2D eigenvalue weighted by molar-refractivity contribution is -0.385. The molecule has 0 aliphatic carbocycles. The Balaban J connectivity index is 2.55. The zero-order valence-electron chi connectivity index (χ0n) is 11.6. The summed E-state index contributed by atoms with van der Waals surface area (Å²) in [5, 5.41) is 18.6. The summed E-state index contributed by atoms with van der Waals surface area (Å²) in [6.07, 6.45) is 0. The number of ether oxygens (including phenoxy) is 1. The number of nitrogens with one attached hydrogen (secondary N) is 1. The third-order valence-corrected chi connectivity index (χ3v) is 2.88. The van der Waals surface area contributed by atoms with E-state index in [1.807, 2.05) is 0 Å². The van der Waals surface area contributed by atoms with E-state index in [2.05, 4.69) is 4.98 Å². The molecule has 2 aromatic rings. The summed E-state index contributed by atoms with van der Waals surface area (Å²) in [6, 6.07) is 7.92. The number of nitro groups is 1. The predicted octanol–water partition coefficient (Wildman–Crippen LogP) is 2.68. The van der Waals surface area contributed by atoms with Gasteiger partial charge >= 0.3 is 5.69 Å². The number of nitrogen functional groups attached to an aromatic ring is 1. The second-order valence-electron chi connectivity index (χ2n) is 4.50. The van der Waals surface area contributed by atoms with Crippen molar-refractivity contribution in [1.82, 2.24) is 4.98 Å².